The molecule has 7 heavy (non-hydrogen) atoms. The van der Waals surface area contributed by atoms with Crippen LogP contribution >= 0.6 is 0 Å². The Morgan fingerprint density at radius 2 is 2.57 bits per heavy atom. The molecule has 1 aliphatic rings. The van der Waals surface area contributed by atoms with Crippen molar-refractivity contribution in [2.45, 2.75) is 0 Å². The molecule has 1 aliphatic heterocycles. The molecule has 0 spiro atoms. The largest absolute Gasteiger partial charge is 0.727 e. The molecule has 0 aromatic heterocycles. The molecule has 4 heteroatoms. The summed E-state index contributed by atoms with van der Waals surface area (Å²) >= 11 is 0. The highest BCUT2D eigenvalue weighted by molar-refractivity contribution is 5.62. The predicted molar refractivity (Wildman–Crippen MR) is 17.3 cm³/mol. The summed E-state index contributed by atoms with van der Waals surface area (Å²) in [5.74, 6) is 0. The molecular formula is C3H4O4. The molecule has 40 valence electrons. The number of cyclic esters (lactones) is 2. The van der Waals surface area contributed by atoms with Crippen LogP contribution in [0.25, 0.3) is 0 Å². The van der Waals surface area contributed by atoms with Crippen LogP contribution in [0.15, 0.2) is 0 Å². The van der Waals surface area contributed by atoms with E-state index in [1.807, 2.05) is 0 Å². The SMILES string of the molecule is O=C1OCC[O+]1[O-]. The molecule has 1 rings (SSSR count). The number of hydrogen-bond donors (Lipinski definition) is 0. The molecule has 0 amide bonds. The van der Waals surface area contributed by atoms with Crippen molar-refractivity contribution in [3.63, 3.8) is 0 Å². The summed E-state index contributed by atoms with van der Waals surface area (Å²) in [5.41, 5.74) is 0. The lowest BCUT2D eigenvalue weighted by molar-refractivity contribution is -0.751. The van der Waals surface area contributed by atoms with Gasteiger partial charge in [-0.15, -0.1) is 0 Å². The van der Waals surface area contributed by atoms with Crippen molar-refractivity contribution >= 4 is 6.16 Å². The summed E-state index contributed by atoms with van der Waals surface area (Å²) in [4.78, 5) is 9.93. The van der Waals surface area contributed by atoms with Gasteiger partial charge in [-0.3, -0.25) is 0 Å². The first-order valence-corrected chi connectivity index (χ1v) is 1.86. The van der Waals surface area contributed by atoms with Crippen LogP contribution in [0.4, 0.5) is 4.79 Å². The van der Waals surface area contributed by atoms with Crippen molar-refractivity contribution in [1.29, 1.82) is 0 Å². The third-order valence-corrected chi connectivity index (χ3v) is 0.675. The summed E-state index contributed by atoms with van der Waals surface area (Å²) in [6.45, 7) is 0.297. The first-order valence-electron chi connectivity index (χ1n) is 1.86. The van der Waals surface area contributed by atoms with Gasteiger partial charge in [0, 0.05) is 4.79 Å². The fourth-order valence-corrected chi connectivity index (χ4v) is 0.350. The molecule has 1 fully saturated rings. The predicted octanol–water partition coefficient (Wildman–Crippen LogP) is -1.04. The first-order chi connectivity index (χ1) is 3.30. The molecule has 1 heterocycles. The maximum absolute atomic E-state index is 9.93. The number of carbonyl (C=O) groups is 1. The molecule has 0 atom stereocenters. The Morgan fingerprint density at radius 1 is 1.86 bits per heavy atom. The van der Waals surface area contributed by atoms with E-state index in [0.717, 1.165) is 4.52 Å². The molecule has 0 aliphatic carbocycles. The Labute approximate surface area is 39.9 Å². The highest BCUT2D eigenvalue weighted by atomic mass is 17.3. The van der Waals surface area contributed by atoms with Crippen LogP contribution < -0.4 is 5.26 Å². The number of ether oxygens (including phenoxy) is 1. The van der Waals surface area contributed by atoms with Gasteiger partial charge in [-0.05, 0) is 0 Å². The number of carbonyl (C=O) groups excluding carboxylic acids is 1. The van der Waals surface area contributed by atoms with E-state index in [2.05, 4.69) is 4.74 Å². The molecule has 0 aromatic rings. The fourth-order valence-electron chi connectivity index (χ4n) is 0.350. The van der Waals surface area contributed by atoms with Crippen molar-refractivity contribution < 1.29 is 19.3 Å². The Morgan fingerprint density at radius 3 is 2.71 bits per heavy atom. The van der Waals surface area contributed by atoms with E-state index >= 15 is 0 Å². The maximum Gasteiger partial charge on any atom is 0.727 e. The molecule has 0 N–H and O–H groups in total. The highest BCUT2D eigenvalue weighted by Crippen LogP contribution is 1.99. The third-order valence-electron chi connectivity index (χ3n) is 0.675. The minimum absolute atomic E-state index is 0.0961. The van der Waals surface area contributed by atoms with Gasteiger partial charge < -0.3 is 14.5 Å². The van der Waals surface area contributed by atoms with Crippen LogP contribution in [0.3, 0.4) is 0 Å². The quantitative estimate of drug-likeness (QED) is 0.224. The monoisotopic (exact) mass is 104 g/mol. The molecular weight excluding hydrogens is 100 g/mol. The van der Waals surface area contributed by atoms with E-state index in [-0.39, 0.29) is 13.2 Å². The summed E-state index contributed by atoms with van der Waals surface area (Å²) in [6, 6.07) is 0. The van der Waals surface area contributed by atoms with E-state index in [4.69, 9.17) is 0 Å². The van der Waals surface area contributed by atoms with Crippen LogP contribution in [-0.2, 0) is 9.25 Å². The van der Waals surface area contributed by atoms with Crippen molar-refractivity contribution in [3.05, 3.63) is 0 Å². The average molecular weight is 104 g/mol. The average Bonchev–Trinajstić information content (AvgIpc) is 1.91. The second kappa shape index (κ2) is 1.38. The molecule has 0 radical (unpaired) electrons. The van der Waals surface area contributed by atoms with Crippen molar-refractivity contribution in [3.8, 4) is 0 Å². The Balaban J connectivity index is 2.48. The van der Waals surface area contributed by atoms with Gasteiger partial charge in [-0.1, -0.05) is 0 Å². The summed E-state index contributed by atoms with van der Waals surface area (Å²) in [6.07, 6.45) is -0.847. The second-order valence-corrected chi connectivity index (χ2v) is 1.15. The van der Waals surface area contributed by atoms with Gasteiger partial charge >= 0.3 is 6.16 Å². The Hall–Kier alpha value is -0.770. The van der Waals surface area contributed by atoms with Gasteiger partial charge in [-0.25, -0.2) is 0 Å². The van der Waals surface area contributed by atoms with Gasteiger partial charge in [0.05, 0.1) is 0 Å². The third kappa shape index (κ3) is 0.640. The minimum atomic E-state index is -0.847. The Bertz CT molecular complexity index is 88.9. The van der Waals surface area contributed by atoms with Crippen LogP contribution in [-0.4, -0.2) is 19.4 Å². The zero-order valence-electron chi connectivity index (χ0n) is 3.55. The van der Waals surface area contributed by atoms with E-state index in [1.165, 1.54) is 0 Å². The lowest BCUT2D eigenvalue weighted by Crippen LogP contribution is -2.26. The normalized spacial score (nSPS) is 20.1. The van der Waals surface area contributed by atoms with Crippen LogP contribution in [0, 0.1) is 0 Å². The standard InChI is InChI=1S/C3H4O4/c4-3-6-1-2-7(3)5/h1-2H2. The van der Waals surface area contributed by atoms with E-state index < -0.39 is 6.16 Å². The molecule has 0 aromatic carbocycles. The van der Waals surface area contributed by atoms with Gasteiger partial charge in [0.15, 0.2) is 6.61 Å². The van der Waals surface area contributed by atoms with Gasteiger partial charge in [0.25, 0.3) is 0 Å². The smallest absolute Gasteiger partial charge is 0.626 e. The number of hydrogen-bond acceptors (Lipinski definition) is 3. The lowest BCUT2D eigenvalue weighted by Gasteiger charge is -2.14. The van der Waals surface area contributed by atoms with Crippen molar-refractivity contribution in [2.75, 3.05) is 13.2 Å². The van der Waals surface area contributed by atoms with E-state index in [9.17, 15) is 10.1 Å². The summed E-state index contributed by atoms with van der Waals surface area (Å²) < 4.78 is 5.19. The van der Waals surface area contributed by atoms with E-state index in [0.29, 0.717) is 0 Å². The van der Waals surface area contributed by atoms with Crippen LogP contribution in [0.1, 0.15) is 0 Å². The molecule has 1 saturated heterocycles. The van der Waals surface area contributed by atoms with Gasteiger partial charge in [0.1, 0.15) is 0 Å². The first kappa shape index (κ1) is 4.39. The summed E-state index contributed by atoms with van der Waals surface area (Å²) in [7, 11) is 0. The zero-order valence-corrected chi connectivity index (χ0v) is 3.55. The van der Waals surface area contributed by atoms with Gasteiger partial charge in [-0.2, -0.15) is 0 Å². The lowest BCUT2D eigenvalue weighted by atomic mass is 10.8. The van der Waals surface area contributed by atoms with Crippen LogP contribution in [0.2, 0.25) is 0 Å². The second-order valence-electron chi connectivity index (χ2n) is 1.15. The maximum atomic E-state index is 9.93. The minimum Gasteiger partial charge on any atom is -0.626 e. The zero-order chi connectivity index (χ0) is 5.28. The Kier molecular flexibility index (Phi) is 0.867. The van der Waals surface area contributed by atoms with E-state index in [1.54, 1.807) is 0 Å². The van der Waals surface area contributed by atoms with Crippen molar-refractivity contribution in [2.24, 2.45) is 0 Å². The molecule has 4 nitrogen and oxygen atoms in total. The van der Waals surface area contributed by atoms with Gasteiger partial charge in [0.2, 0.25) is 6.61 Å². The number of rotatable bonds is 0. The molecule has 0 saturated carbocycles. The molecule has 0 bridgehead atoms. The topological polar surface area (TPSA) is 52.1 Å². The van der Waals surface area contributed by atoms with Crippen LogP contribution in [0.5, 0.6) is 0 Å². The molecule has 0 unspecified atom stereocenters. The van der Waals surface area contributed by atoms with Crippen molar-refractivity contribution in [1.82, 2.24) is 0 Å². The fraction of sp³-hybridized carbons (Fsp3) is 0.667. The highest BCUT2D eigenvalue weighted by Gasteiger charge is 2.24. The summed E-state index contributed by atoms with van der Waals surface area (Å²) in [5, 5.41) is 9.93.